The Morgan fingerprint density at radius 2 is 1.93 bits per heavy atom. The van der Waals surface area contributed by atoms with Crippen molar-refractivity contribution < 1.29 is 13.2 Å². The van der Waals surface area contributed by atoms with Gasteiger partial charge in [0.05, 0.1) is 17.6 Å². The molecule has 0 aromatic carbocycles. The molecule has 1 unspecified atom stereocenters. The minimum Gasteiger partial charge on any atom is -0.382 e. The number of thiazole rings is 1. The van der Waals surface area contributed by atoms with Crippen molar-refractivity contribution in [1.29, 1.82) is 0 Å². The zero-order chi connectivity index (χ0) is 27.8. The number of fused-ring (bicyclic) bond motifs is 3. The molecule has 7 heterocycles. The fourth-order valence-corrected chi connectivity index (χ4v) is 7.72. The van der Waals surface area contributed by atoms with Crippen LogP contribution in [0, 0.1) is 6.92 Å². The molecule has 5 aromatic rings. The maximum atomic E-state index is 13.0. The lowest BCUT2D eigenvalue weighted by atomic mass is 9.72. The van der Waals surface area contributed by atoms with E-state index in [2.05, 4.69) is 30.2 Å². The molecule has 0 radical (unpaired) electrons. The summed E-state index contributed by atoms with van der Waals surface area (Å²) >= 11 is 1.53. The van der Waals surface area contributed by atoms with Gasteiger partial charge in [-0.2, -0.15) is 14.7 Å². The molecule has 3 N–H and O–H groups in total. The van der Waals surface area contributed by atoms with Crippen molar-refractivity contribution in [2.45, 2.75) is 49.1 Å². The minimum atomic E-state index is -3.73. The third kappa shape index (κ3) is 3.87. The van der Waals surface area contributed by atoms with Crippen molar-refractivity contribution in [2.75, 3.05) is 12.0 Å². The van der Waals surface area contributed by atoms with Crippen molar-refractivity contribution in [3.05, 3.63) is 53.4 Å². The number of hydrogen-bond acceptors (Lipinski definition) is 11. The van der Waals surface area contributed by atoms with Gasteiger partial charge >= 0.3 is 0 Å². The highest BCUT2D eigenvalue weighted by molar-refractivity contribution is 7.91. The number of aryl methyl sites for hydroxylation is 1. The first-order chi connectivity index (χ1) is 19.2. The SMILES string of the molecule is Cc1csc(-c2ccc(-c3cnn4c(N)c(S(C)(=O)=O)c(C5C[C@@H]6C[C@H](C5)N6C(=O)c5ncn[nH]5)nc34)cn2)n1. The van der Waals surface area contributed by atoms with E-state index in [0.29, 0.717) is 29.7 Å². The predicted octanol–water partition coefficient (Wildman–Crippen LogP) is 2.49. The average Bonchev–Trinajstić information content (AvgIpc) is 3.69. The molecule has 0 spiro atoms. The molecule has 2 aliphatic heterocycles. The van der Waals surface area contributed by atoms with Gasteiger partial charge in [-0.15, -0.1) is 11.3 Å². The van der Waals surface area contributed by atoms with Gasteiger partial charge in [0.25, 0.3) is 5.91 Å². The standard InChI is InChI=1S/C25H24N10O3S2/c1-12-10-39-24(31-12)18-4-3-13(8-27-18)17-9-30-35-21(26)20(40(2,37)38)19(32-23(17)35)14-5-15-7-16(6-14)34(15)25(36)22-28-11-29-33-22/h3-4,8-11,14-16H,5-7,26H2,1-2H3,(H,28,29,33)/t14?,15-,16+. The fraction of sp³-hybridized carbons (Fsp3) is 0.320. The number of anilines is 1. The highest BCUT2D eigenvalue weighted by Gasteiger charge is 2.50. The molecule has 13 nitrogen and oxygen atoms in total. The maximum absolute atomic E-state index is 13.0. The second-order valence-electron chi connectivity index (χ2n) is 10.3. The minimum absolute atomic E-state index is 0.0123. The second kappa shape index (κ2) is 8.89. The van der Waals surface area contributed by atoms with Crippen molar-refractivity contribution in [3.63, 3.8) is 0 Å². The van der Waals surface area contributed by atoms with Gasteiger partial charge in [-0.25, -0.2) is 23.4 Å². The predicted molar refractivity (Wildman–Crippen MR) is 146 cm³/mol. The molecule has 8 rings (SSSR count). The summed E-state index contributed by atoms with van der Waals surface area (Å²) < 4.78 is 27.3. The molecule has 2 saturated heterocycles. The zero-order valence-corrected chi connectivity index (χ0v) is 23.1. The van der Waals surface area contributed by atoms with Crippen LogP contribution in [-0.4, -0.2) is 77.3 Å². The van der Waals surface area contributed by atoms with Crippen LogP contribution in [0.5, 0.6) is 0 Å². The van der Waals surface area contributed by atoms with Crippen LogP contribution >= 0.6 is 11.3 Å². The Morgan fingerprint density at radius 1 is 1.12 bits per heavy atom. The largest absolute Gasteiger partial charge is 0.382 e. The number of nitrogens with one attached hydrogen (secondary N) is 1. The Bertz CT molecular complexity index is 1870. The zero-order valence-electron chi connectivity index (χ0n) is 21.5. The number of nitrogen functional groups attached to an aromatic ring is 1. The van der Waals surface area contributed by atoms with Gasteiger partial charge in [-0.3, -0.25) is 14.9 Å². The van der Waals surface area contributed by atoms with Crippen LogP contribution in [0.1, 0.15) is 47.2 Å². The number of piperidine rings is 1. The first-order valence-electron chi connectivity index (χ1n) is 12.6. The number of nitrogens with zero attached hydrogens (tertiary/aromatic N) is 8. The Labute approximate surface area is 232 Å². The molecular weight excluding hydrogens is 552 g/mol. The van der Waals surface area contributed by atoms with E-state index >= 15 is 0 Å². The summed E-state index contributed by atoms with van der Waals surface area (Å²) in [4.78, 5) is 32.7. The van der Waals surface area contributed by atoms with Crippen LogP contribution in [0.15, 0.2) is 41.1 Å². The van der Waals surface area contributed by atoms with E-state index in [0.717, 1.165) is 34.6 Å². The number of aromatic amines is 1. The molecule has 1 amide bonds. The molecular formula is C25H24N10O3S2. The third-order valence-corrected chi connectivity index (χ3v) is 9.77. The van der Waals surface area contributed by atoms with E-state index in [1.165, 1.54) is 22.2 Å². The van der Waals surface area contributed by atoms with Gasteiger partial charge < -0.3 is 10.6 Å². The number of sulfone groups is 1. The second-order valence-corrected chi connectivity index (χ2v) is 13.1. The number of amides is 1. The molecule has 1 saturated carbocycles. The Hall–Kier alpha value is -4.24. The molecule has 204 valence electrons. The summed E-state index contributed by atoms with van der Waals surface area (Å²) in [5.41, 5.74) is 10.5. The van der Waals surface area contributed by atoms with Crippen molar-refractivity contribution >= 4 is 38.5 Å². The number of aromatic nitrogens is 8. The highest BCUT2D eigenvalue weighted by atomic mass is 32.2. The van der Waals surface area contributed by atoms with Crippen LogP contribution in [0.4, 0.5) is 5.82 Å². The van der Waals surface area contributed by atoms with E-state index in [9.17, 15) is 13.2 Å². The number of carbonyl (C=O) groups excluding carboxylic acids is 1. The van der Waals surface area contributed by atoms with Crippen molar-refractivity contribution in [2.24, 2.45) is 0 Å². The summed E-state index contributed by atoms with van der Waals surface area (Å²) in [6, 6.07) is 3.70. The monoisotopic (exact) mass is 576 g/mol. The van der Waals surface area contributed by atoms with E-state index in [1.807, 2.05) is 24.4 Å². The van der Waals surface area contributed by atoms with Gasteiger partial charge in [-0.05, 0) is 32.3 Å². The third-order valence-electron chi connectivity index (χ3n) is 7.63. The molecule has 1 aliphatic carbocycles. The molecule has 3 aliphatic rings. The smallest absolute Gasteiger partial charge is 0.291 e. The lowest BCUT2D eigenvalue weighted by Gasteiger charge is -2.55. The normalized spacial score (nSPS) is 20.6. The van der Waals surface area contributed by atoms with Crippen molar-refractivity contribution in [3.8, 4) is 21.8 Å². The quantitative estimate of drug-likeness (QED) is 0.316. The Morgan fingerprint density at radius 3 is 2.55 bits per heavy atom. The number of hydrogen-bond donors (Lipinski definition) is 2. The van der Waals surface area contributed by atoms with Gasteiger partial charge in [0, 0.05) is 52.7 Å². The van der Waals surface area contributed by atoms with E-state index in [-0.39, 0.29) is 40.4 Å². The van der Waals surface area contributed by atoms with Gasteiger partial charge in [0.1, 0.15) is 22.0 Å². The Balaban J connectivity index is 1.27. The first-order valence-corrected chi connectivity index (χ1v) is 15.4. The van der Waals surface area contributed by atoms with E-state index < -0.39 is 9.84 Å². The molecule has 2 bridgehead atoms. The number of nitrogens with two attached hydrogens (primary N) is 1. The maximum Gasteiger partial charge on any atom is 0.291 e. The molecule has 40 heavy (non-hydrogen) atoms. The summed E-state index contributed by atoms with van der Waals surface area (Å²) in [7, 11) is -3.73. The van der Waals surface area contributed by atoms with Crippen LogP contribution in [0.25, 0.3) is 27.5 Å². The van der Waals surface area contributed by atoms with Gasteiger partial charge in [0.2, 0.25) is 5.82 Å². The van der Waals surface area contributed by atoms with Gasteiger partial charge in [-0.1, -0.05) is 6.07 Å². The van der Waals surface area contributed by atoms with E-state index in [1.54, 1.807) is 17.3 Å². The fourth-order valence-electron chi connectivity index (χ4n) is 5.89. The van der Waals surface area contributed by atoms with Crippen LogP contribution in [0.3, 0.4) is 0 Å². The van der Waals surface area contributed by atoms with Crippen LogP contribution in [0.2, 0.25) is 0 Å². The molecule has 5 aromatic heterocycles. The molecule has 3 atom stereocenters. The highest BCUT2D eigenvalue weighted by Crippen LogP contribution is 2.47. The van der Waals surface area contributed by atoms with Crippen LogP contribution < -0.4 is 5.73 Å². The van der Waals surface area contributed by atoms with E-state index in [4.69, 9.17) is 10.7 Å². The topological polar surface area (TPSA) is 178 Å². The lowest BCUT2D eigenvalue weighted by molar-refractivity contribution is -0.0205. The first kappa shape index (κ1) is 24.8. The number of pyridine rings is 1. The van der Waals surface area contributed by atoms with Gasteiger partial charge in [0.15, 0.2) is 15.5 Å². The lowest BCUT2D eigenvalue weighted by Crippen LogP contribution is -2.62. The summed E-state index contributed by atoms with van der Waals surface area (Å²) in [6.07, 6.45) is 7.76. The van der Waals surface area contributed by atoms with Crippen molar-refractivity contribution in [1.82, 2.24) is 44.6 Å². The summed E-state index contributed by atoms with van der Waals surface area (Å²) in [5.74, 6) is -0.186. The molecule has 3 fully saturated rings. The Kier molecular flexibility index (Phi) is 5.51. The van der Waals surface area contributed by atoms with Crippen LogP contribution in [-0.2, 0) is 9.84 Å². The number of H-pyrrole nitrogens is 1. The number of rotatable bonds is 5. The molecule has 15 heteroatoms. The summed E-state index contributed by atoms with van der Waals surface area (Å²) in [5, 5.41) is 13.6. The average molecular weight is 577 g/mol. The number of carbonyl (C=O) groups is 1. The summed E-state index contributed by atoms with van der Waals surface area (Å²) in [6.45, 7) is 1.94.